The lowest BCUT2D eigenvalue weighted by molar-refractivity contribution is -0.150. The average molecular weight is 376 g/mol. The molecule has 0 amide bonds. The molecule has 4 aliphatic carbocycles. The lowest BCUT2D eigenvalue weighted by atomic mass is 9.89. The van der Waals surface area contributed by atoms with E-state index in [0.717, 1.165) is 57.8 Å². The Labute approximate surface area is 159 Å². The molecule has 0 radical (unpaired) electrons. The average Bonchev–Trinajstić information content (AvgIpc) is 3.27. The Bertz CT molecular complexity index is 622. The Hall–Kier alpha value is -1.14. The van der Waals surface area contributed by atoms with Crippen molar-refractivity contribution in [3.63, 3.8) is 0 Å². The van der Waals surface area contributed by atoms with E-state index in [0.29, 0.717) is 37.3 Å². The number of carbonyl (C=O) groups excluding carboxylic acids is 2. The number of hydrogen-bond acceptors (Lipinski definition) is 6. The van der Waals surface area contributed by atoms with Crippen LogP contribution in [0.3, 0.4) is 0 Å². The Kier molecular flexibility index (Phi) is 3.54. The molecule has 0 aromatic carbocycles. The summed E-state index contributed by atoms with van der Waals surface area (Å²) in [5.74, 6) is 1.01. The zero-order chi connectivity index (χ0) is 18.2. The number of rotatable bonds is 8. The molecule has 2 aliphatic heterocycles. The monoisotopic (exact) mass is 376 g/mol. The van der Waals surface area contributed by atoms with Gasteiger partial charge in [-0.25, -0.2) is 0 Å². The van der Waals surface area contributed by atoms with Gasteiger partial charge in [-0.1, -0.05) is 0 Å². The fourth-order valence-electron chi connectivity index (χ4n) is 6.70. The second-order valence-electron chi connectivity index (χ2n) is 9.76. The van der Waals surface area contributed by atoms with Crippen molar-refractivity contribution in [2.75, 3.05) is 13.2 Å². The molecule has 27 heavy (non-hydrogen) atoms. The van der Waals surface area contributed by atoms with Crippen LogP contribution in [0.5, 0.6) is 0 Å². The van der Waals surface area contributed by atoms with E-state index < -0.39 is 0 Å². The fraction of sp³-hybridized carbons (Fsp3) is 0.905. The maximum atomic E-state index is 12.3. The van der Waals surface area contributed by atoms with Gasteiger partial charge >= 0.3 is 11.9 Å². The van der Waals surface area contributed by atoms with Gasteiger partial charge in [-0.2, -0.15) is 0 Å². The number of carbonyl (C=O) groups is 2. The minimum absolute atomic E-state index is 0.0338. The van der Waals surface area contributed by atoms with Gasteiger partial charge in [0.15, 0.2) is 0 Å². The first-order valence-corrected chi connectivity index (χ1v) is 10.8. The zero-order valence-electron chi connectivity index (χ0n) is 15.7. The van der Waals surface area contributed by atoms with Crippen LogP contribution in [0.25, 0.3) is 0 Å². The van der Waals surface area contributed by atoms with Crippen molar-refractivity contribution < 1.29 is 28.5 Å². The van der Waals surface area contributed by atoms with Crippen molar-refractivity contribution in [1.29, 1.82) is 0 Å². The van der Waals surface area contributed by atoms with Crippen molar-refractivity contribution in [2.24, 2.45) is 23.7 Å². The van der Waals surface area contributed by atoms with Crippen LogP contribution >= 0.6 is 0 Å². The minimum Gasteiger partial charge on any atom is -0.465 e. The Morgan fingerprint density at radius 3 is 1.59 bits per heavy atom. The third-order valence-electron chi connectivity index (χ3n) is 8.21. The standard InChI is InChI=1S/C21H28O6/c22-18(14-10-20-8-12(14)6-16(20)26-20)24-4-2-1-3-5-25-19(23)15-11-21-9-13(15)7-17(21)27-21/h12-17H,1-11H2. The van der Waals surface area contributed by atoms with Crippen LogP contribution in [-0.2, 0) is 28.5 Å². The summed E-state index contributed by atoms with van der Waals surface area (Å²) in [7, 11) is 0. The lowest BCUT2D eigenvalue weighted by Gasteiger charge is -2.18. The van der Waals surface area contributed by atoms with Gasteiger partial charge < -0.3 is 18.9 Å². The van der Waals surface area contributed by atoms with Gasteiger partial charge in [-0.05, 0) is 69.6 Å². The Morgan fingerprint density at radius 1 is 0.741 bits per heavy atom. The minimum atomic E-state index is -0.0338. The van der Waals surface area contributed by atoms with Gasteiger partial charge in [-0.15, -0.1) is 0 Å². The highest BCUT2D eigenvalue weighted by molar-refractivity contribution is 5.74. The second-order valence-corrected chi connectivity index (χ2v) is 9.76. The summed E-state index contributed by atoms with van der Waals surface area (Å²) < 4.78 is 22.4. The molecule has 0 N–H and O–H groups in total. The molecule has 6 fully saturated rings. The molecule has 6 heteroatoms. The number of fused-ring (bicyclic) bond motifs is 2. The van der Waals surface area contributed by atoms with Crippen molar-refractivity contribution in [2.45, 2.75) is 81.2 Å². The summed E-state index contributed by atoms with van der Waals surface area (Å²) in [6.45, 7) is 0.943. The van der Waals surface area contributed by atoms with Gasteiger partial charge in [0, 0.05) is 0 Å². The van der Waals surface area contributed by atoms with Gasteiger partial charge in [0.05, 0.1) is 48.5 Å². The molecule has 0 aromatic rings. The maximum absolute atomic E-state index is 12.3. The number of ether oxygens (including phenoxy) is 4. The molecular weight excluding hydrogens is 348 g/mol. The first-order valence-electron chi connectivity index (χ1n) is 10.8. The molecule has 2 spiro atoms. The third kappa shape index (κ3) is 2.59. The summed E-state index contributed by atoms with van der Waals surface area (Å²) in [6.07, 6.45) is 9.37. The molecule has 0 aromatic heterocycles. The topological polar surface area (TPSA) is 77.7 Å². The van der Waals surface area contributed by atoms with E-state index in [4.69, 9.17) is 18.9 Å². The second kappa shape index (κ2) is 5.69. The van der Waals surface area contributed by atoms with Crippen LogP contribution in [0.2, 0.25) is 0 Å². The predicted molar refractivity (Wildman–Crippen MR) is 92.6 cm³/mol. The van der Waals surface area contributed by atoms with Crippen molar-refractivity contribution >= 4 is 11.9 Å². The van der Waals surface area contributed by atoms with Gasteiger partial charge in [0.1, 0.15) is 0 Å². The summed E-state index contributed by atoms with van der Waals surface area (Å²) in [5, 5.41) is 0. The van der Waals surface area contributed by atoms with E-state index in [1.54, 1.807) is 0 Å². The summed E-state index contributed by atoms with van der Waals surface area (Å²) in [4.78, 5) is 24.5. The number of hydrogen-bond donors (Lipinski definition) is 0. The zero-order valence-corrected chi connectivity index (χ0v) is 15.7. The smallest absolute Gasteiger partial charge is 0.309 e. The SMILES string of the molecule is O=C(OCCCCCOC(=O)C1CC23CC1CC2O3)C1CC23CC1CC2O3. The molecule has 6 nitrogen and oxygen atoms in total. The Balaban J connectivity index is 0.841. The van der Waals surface area contributed by atoms with Crippen LogP contribution in [0, 0.1) is 23.7 Å². The van der Waals surface area contributed by atoms with Crippen LogP contribution in [0.15, 0.2) is 0 Å². The van der Waals surface area contributed by atoms with Crippen molar-refractivity contribution in [1.82, 2.24) is 0 Å². The molecule has 2 saturated heterocycles. The van der Waals surface area contributed by atoms with Gasteiger partial charge in [0.25, 0.3) is 0 Å². The fourth-order valence-corrected chi connectivity index (χ4v) is 6.70. The first kappa shape index (κ1) is 16.8. The van der Waals surface area contributed by atoms with E-state index in [2.05, 4.69) is 0 Å². The van der Waals surface area contributed by atoms with Gasteiger partial charge in [-0.3, -0.25) is 9.59 Å². The molecule has 8 atom stereocenters. The van der Waals surface area contributed by atoms with E-state index in [9.17, 15) is 9.59 Å². The highest BCUT2D eigenvalue weighted by Gasteiger charge is 2.71. The van der Waals surface area contributed by atoms with Crippen LogP contribution in [-0.4, -0.2) is 48.6 Å². The first-order chi connectivity index (χ1) is 13.1. The van der Waals surface area contributed by atoms with E-state index in [-0.39, 0.29) is 35.0 Å². The number of unbranched alkanes of at least 4 members (excludes halogenated alkanes) is 2. The number of epoxide rings is 2. The quantitative estimate of drug-likeness (QED) is 0.368. The summed E-state index contributed by atoms with van der Waals surface area (Å²) >= 11 is 0. The number of esters is 2. The van der Waals surface area contributed by atoms with Gasteiger partial charge in [0.2, 0.25) is 0 Å². The maximum Gasteiger partial charge on any atom is 0.309 e. The third-order valence-corrected chi connectivity index (χ3v) is 8.21. The van der Waals surface area contributed by atoms with Crippen LogP contribution in [0.1, 0.15) is 57.8 Å². The molecular formula is C21H28O6. The largest absolute Gasteiger partial charge is 0.465 e. The molecule has 2 heterocycles. The molecule has 4 bridgehead atoms. The summed E-state index contributed by atoms with van der Waals surface area (Å²) in [6, 6.07) is 0. The normalized spacial score (nSPS) is 49.6. The molecule has 6 aliphatic rings. The molecule has 148 valence electrons. The predicted octanol–water partition coefficient (Wildman–Crippen LogP) is 2.38. The van der Waals surface area contributed by atoms with Crippen molar-refractivity contribution in [3.05, 3.63) is 0 Å². The summed E-state index contributed by atoms with van der Waals surface area (Å²) in [5.41, 5.74) is 0.117. The highest BCUT2D eigenvalue weighted by atomic mass is 16.6. The van der Waals surface area contributed by atoms with Crippen LogP contribution < -0.4 is 0 Å². The van der Waals surface area contributed by atoms with E-state index in [1.807, 2.05) is 0 Å². The molecule has 8 unspecified atom stereocenters. The molecule has 4 saturated carbocycles. The lowest BCUT2D eigenvalue weighted by Crippen LogP contribution is -2.26. The Morgan fingerprint density at radius 2 is 1.22 bits per heavy atom. The molecule has 6 rings (SSSR count). The van der Waals surface area contributed by atoms with Crippen molar-refractivity contribution in [3.8, 4) is 0 Å². The van der Waals surface area contributed by atoms with E-state index >= 15 is 0 Å². The highest BCUT2D eigenvalue weighted by Crippen LogP contribution is 2.65. The van der Waals surface area contributed by atoms with Crippen LogP contribution in [0.4, 0.5) is 0 Å². The van der Waals surface area contributed by atoms with E-state index in [1.165, 1.54) is 0 Å².